The van der Waals surface area contributed by atoms with Gasteiger partial charge in [0.25, 0.3) is 0 Å². The van der Waals surface area contributed by atoms with Gasteiger partial charge in [0.1, 0.15) is 0 Å². The van der Waals surface area contributed by atoms with Crippen molar-refractivity contribution < 1.29 is 14.6 Å². The SMILES string of the molecule is COC1(Cn2nnnc2SCC(=O)O)CCC1. The fourth-order valence-corrected chi connectivity index (χ4v) is 2.39. The van der Waals surface area contributed by atoms with Gasteiger partial charge in [-0.15, -0.1) is 5.10 Å². The van der Waals surface area contributed by atoms with E-state index in [1.54, 1.807) is 11.8 Å². The van der Waals surface area contributed by atoms with Crippen LogP contribution in [0.2, 0.25) is 0 Å². The third kappa shape index (κ3) is 2.75. The van der Waals surface area contributed by atoms with Gasteiger partial charge in [0.2, 0.25) is 5.16 Å². The Balaban J connectivity index is 2.00. The average molecular weight is 258 g/mol. The van der Waals surface area contributed by atoms with Crippen LogP contribution in [0, 0.1) is 0 Å². The molecule has 1 saturated carbocycles. The third-order valence-corrected chi connectivity index (χ3v) is 3.90. The average Bonchev–Trinajstić information content (AvgIpc) is 2.67. The van der Waals surface area contributed by atoms with Crippen LogP contribution in [0.25, 0.3) is 0 Å². The van der Waals surface area contributed by atoms with Gasteiger partial charge in [0.15, 0.2) is 0 Å². The van der Waals surface area contributed by atoms with Crippen molar-refractivity contribution >= 4 is 17.7 Å². The standard InChI is InChI=1S/C9H14N4O3S/c1-16-9(3-2-4-9)6-13-8(10-11-12-13)17-5-7(14)15/h2-6H2,1H3,(H,14,15). The summed E-state index contributed by atoms with van der Waals surface area (Å²) in [5, 5.41) is 20.4. The predicted octanol–water partition coefficient (Wildman–Crippen LogP) is 0.419. The zero-order valence-electron chi connectivity index (χ0n) is 9.50. The predicted molar refractivity (Wildman–Crippen MR) is 59.8 cm³/mol. The number of ether oxygens (including phenoxy) is 1. The van der Waals surface area contributed by atoms with Crippen LogP contribution in [0.1, 0.15) is 19.3 Å². The number of carboxylic acids is 1. The van der Waals surface area contributed by atoms with Crippen LogP contribution in [-0.2, 0) is 16.1 Å². The van der Waals surface area contributed by atoms with Crippen LogP contribution >= 0.6 is 11.8 Å². The van der Waals surface area contributed by atoms with E-state index in [4.69, 9.17) is 9.84 Å². The Hall–Kier alpha value is -1.15. The molecule has 7 nitrogen and oxygen atoms in total. The van der Waals surface area contributed by atoms with E-state index in [1.165, 1.54) is 0 Å². The third-order valence-electron chi connectivity index (χ3n) is 2.96. The van der Waals surface area contributed by atoms with Crippen molar-refractivity contribution in [2.45, 2.75) is 36.6 Å². The molecule has 0 aliphatic heterocycles. The van der Waals surface area contributed by atoms with Crippen molar-refractivity contribution in [3.8, 4) is 0 Å². The lowest BCUT2D eigenvalue weighted by molar-refractivity contribution is -0.133. The molecule has 0 atom stereocenters. The van der Waals surface area contributed by atoms with E-state index in [-0.39, 0.29) is 11.4 Å². The number of rotatable bonds is 6. The van der Waals surface area contributed by atoms with E-state index >= 15 is 0 Å². The normalized spacial score (nSPS) is 17.7. The van der Waals surface area contributed by atoms with Crippen LogP contribution in [0.15, 0.2) is 5.16 Å². The molecule has 0 radical (unpaired) electrons. The van der Waals surface area contributed by atoms with E-state index < -0.39 is 5.97 Å². The number of carbonyl (C=O) groups is 1. The molecule has 0 saturated heterocycles. The van der Waals surface area contributed by atoms with Crippen molar-refractivity contribution in [1.82, 2.24) is 20.2 Å². The van der Waals surface area contributed by atoms with E-state index in [9.17, 15) is 4.79 Å². The Labute approximate surface area is 103 Å². The van der Waals surface area contributed by atoms with E-state index in [0.29, 0.717) is 11.7 Å². The zero-order valence-corrected chi connectivity index (χ0v) is 10.3. The minimum atomic E-state index is -0.880. The molecule has 1 aliphatic rings. The van der Waals surface area contributed by atoms with Crippen molar-refractivity contribution in [3.05, 3.63) is 0 Å². The number of thioether (sulfide) groups is 1. The highest BCUT2D eigenvalue weighted by molar-refractivity contribution is 7.99. The van der Waals surface area contributed by atoms with Gasteiger partial charge in [0.05, 0.1) is 17.9 Å². The second-order valence-electron chi connectivity index (χ2n) is 4.04. The maximum absolute atomic E-state index is 10.5. The maximum atomic E-state index is 10.5. The van der Waals surface area contributed by atoms with Crippen LogP contribution in [-0.4, -0.2) is 49.7 Å². The van der Waals surface area contributed by atoms with Crippen molar-refractivity contribution in [3.63, 3.8) is 0 Å². The van der Waals surface area contributed by atoms with Crippen LogP contribution in [0.4, 0.5) is 0 Å². The lowest BCUT2D eigenvalue weighted by atomic mass is 9.80. The molecule has 0 unspecified atom stereocenters. The minimum absolute atomic E-state index is 0.0413. The molecule has 8 heteroatoms. The molecule has 0 bridgehead atoms. The molecule has 0 amide bonds. The van der Waals surface area contributed by atoms with Crippen LogP contribution in [0.5, 0.6) is 0 Å². The summed E-state index contributed by atoms with van der Waals surface area (Å²) in [5.74, 6) is -0.921. The number of methoxy groups -OCH3 is 1. The van der Waals surface area contributed by atoms with E-state index in [1.807, 2.05) is 0 Å². The first-order chi connectivity index (χ1) is 8.15. The molecule has 1 aromatic heterocycles. The fourth-order valence-electron chi connectivity index (χ4n) is 1.80. The molecular weight excluding hydrogens is 244 g/mol. The fraction of sp³-hybridized carbons (Fsp3) is 0.778. The molecule has 0 aromatic carbocycles. The minimum Gasteiger partial charge on any atom is -0.481 e. The Bertz CT molecular complexity index is 399. The van der Waals surface area contributed by atoms with Gasteiger partial charge in [-0.3, -0.25) is 4.79 Å². The maximum Gasteiger partial charge on any atom is 0.313 e. The first-order valence-corrected chi connectivity index (χ1v) is 6.30. The number of tetrazole rings is 1. The highest BCUT2D eigenvalue weighted by Crippen LogP contribution is 2.36. The Morgan fingerprint density at radius 2 is 2.41 bits per heavy atom. The van der Waals surface area contributed by atoms with Gasteiger partial charge in [-0.25, -0.2) is 4.68 Å². The molecule has 1 heterocycles. The molecule has 1 aliphatic carbocycles. The summed E-state index contributed by atoms with van der Waals surface area (Å²) in [6.07, 6.45) is 3.13. The van der Waals surface area contributed by atoms with Gasteiger partial charge in [-0.1, -0.05) is 11.8 Å². The summed E-state index contributed by atoms with van der Waals surface area (Å²) >= 11 is 1.12. The first-order valence-electron chi connectivity index (χ1n) is 5.31. The number of hydrogen-bond acceptors (Lipinski definition) is 6. The van der Waals surface area contributed by atoms with Crippen LogP contribution < -0.4 is 0 Å². The molecule has 2 rings (SSSR count). The van der Waals surface area contributed by atoms with Crippen LogP contribution in [0.3, 0.4) is 0 Å². The smallest absolute Gasteiger partial charge is 0.313 e. The largest absolute Gasteiger partial charge is 0.481 e. The Kier molecular flexibility index (Phi) is 3.63. The molecule has 1 fully saturated rings. The van der Waals surface area contributed by atoms with Gasteiger partial charge < -0.3 is 9.84 Å². The van der Waals surface area contributed by atoms with Crippen molar-refractivity contribution in [2.24, 2.45) is 0 Å². The highest BCUT2D eigenvalue weighted by Gasteiger charge is 2.38. The number of nitrogens with zero attached hydrogens (tertiary/aromatic N) is 4. The zero-order chi connectivity index (χ0) is 12.3. The van der Waals surface area contributed by atoms with Gasteiger partial charge in [-0.2, -0.15) is 0 Å². The van der Waals surface area contributed by atoms with Crippen molar-refractivity contribution in [1.29, 1.82) is 0 Å². The lowest BCUT2D eigenvalue weighted by Gasteiger charge is -2.40. The number of carboxylic acid groups (broad SMARTS) is 1. The second-order valence-corrected chi connectivity index (χ2v) is 4.98. The topological polar surface area (TPSA) is 90.1 Å². The van der Waals surface area contributed by atoms with Crippen molar-refractivity contribution in [2.75, 3.05) is 12.9 Å². The Morgan fingerprint density at radius 1 is 1.65 bits per heavy atom. The second kappa shape index (κ2) is 5.01. The lowest BCUT2D eigenvalue weighted by Crippen LogP contribution is -2.43. The van der Waals surface area contributed by atoms with Gasteiger partial charge >= 0.3 is 5.97 Å². The highest BCUT2D eigenvalue weighted by atomic mass is 32.2. The molecule has 17 heavy (non-hydrogen) atoms. The summed E-state index contributed by atoms with van der Waals surface area (Å²) in [6.45, 7) is 0.582. The number of hydrogen-bond donors (Lipinski definition) is 1. The summed E-state index contributed by atoms with van der Waals surface area (Å²) in [4.78, 5) is 10.5. The van der Waals surface area contributed by atoms with E-state index in [0.717, 1.165) is 31.0 Å². The summed E-state index contributed by atoms with van der Waals surface area (Å²) in [7, 11) is 1.69. The van der Waals surface area contributed by atoms with E-state index in [2.05, 4.69) is 15.5 Å². The van der Waals surface area contributed by atoms with Gasteiger partial charge in [-0.05, 0) is 29.7 Å². The summed E-state index contributed by atoms with van der Waals surface area (Å²) < 4.78 is 7.11. The summed E-state index contributed by atoms with van der Waals surface area (Å²) in [6, 6.07) is 0. The summed E-state index contributed by atoms with van der Waals surface area (Å²) in [5.41, 5.74) is -0.173. The molecule has 1 aromatic rings. The monoisotopic (exact) mass is 258 g/mol. The molecule has 1 N–H and O–H groups in total. The number of aliphatic carboxylic acids is 1. The first kappa shape index (κ1) is 12.3. The molecule has 94 valence electrons. The molecule has 0 spiro atoms. The molecular formula is C9H14N4O3S. The number of aromatic nitrogens is 4. The quantitative estimate of drug-likeness (QED) is 0.739. The Morgan fingerprint density at radius 3 is 2.94 bits per heavy atom. The van der Waals surface area contributed by atoms with Gasteiger partial charge in [0, 0.05) is 7.11 Å².